The van der Waals surface area contributed by atoms with Gasteiger partial charge in [0.25, 0.3) is 5.91 Å². The second-order valence-electron chi connectivity index (χ2n) is 5.94. The van der Waals surface area contributed by atoms with Crippen molar-refractivity contribution in [1.82, 2.24) is 34.8 Å². The van der Waals surface area contributed by atoms with Crippen LogP contribution in [0.4, 0.5) is 0 Å². The van der Waals surface area contributed by atoms with E-state index >= 15 is 0 Å². The normalized spacial score (nSPS) is 19.9. The first-order chi connectivity index (χ1) is 11.7. The first-order valence-corrected chi connectivity index (χ1v) is 8.63. The minimum absolute atomic E-state index is 0.0433. The van der Waals surface area contributed by atoms with Gasteiger partial charge in [-0.25, -0.2) is 0 Å². The standard InChI is InChI=1S/C15H17N7OS/c1-21-13(8-22-4-2-3-17-22)19-20-14(21)10-5-11(6-10)18-15(23)12-7-16-9-24-12/h2-4,7,9-11H,5-6,8H2,1H3,(H,18,23). The molecule has 4 rings (SSSR count). The highest BCUT2D eigenvalue weighted by Crippen LogP contribution is 2.36. The van der Waals surface area contributed by atoms with E-state index in [2.05, 4.69) is 25.6 Å². The van der Waals surface area contributed by atoms with E-state index < -0.39 is 0 Å². The molecular weight excluding hydrogens is 326 g/mol. The van der Waals surface area contributed by atoms with Crippen molar-refractivity contribution in [3.05, 3.63) is 46.7 Å². The molecule has 3 aromatic heterocycles. The lowest BCUT2D eigenvalue weighted by molar-refractivity contribution is 0.0911. The fourth-order valence-electron chi connectivity index (χ4n) is 2.94. The summed E-state index contributed by atoms with van der Waals surface area (Å²) < 4.78 is 3.86. The number of aromatic nitrogens is 6. The Morgan fingerprint density at radius 3 is 3.00 bits per heavy atom. The van der Waals surface area contributed by atoms with Gasteiger partial charge in [0.1, 0.15) is 17.2 Å². The fourth-order valence-corrected chi connectivity index (χ4v) is 3.46. The molecule has 1 fully saturated rings. The fraction of sp³-hybridized carbons (Fsp3) is 0.400. The molecule has 1 amide bonds. The van der Waals surface area contributed by atoms with Crippen LogP contribution in [0.3, 0.4) is 0 Å². The maximum absolute atomic E-state index is 12.0. The van der Waals surface area contributed by atoms with E-state index in [0.29, 0.717) is 17.3 Å². The first-order valence-electron chi connectivity index (χ1n) is 7.75. The number of hydrogen-bond acceptors (Lipinski definition) is 6. The van der Waals surface area contributed by atoms with E-state index in [0.717, 1.165) is 24.5 Å². The van der Waals surface area contributed by atoms with Crippen LogP contribution in [0.25, 0.3) is 0 Å². The minimum Gasteiger partial charge on any atom is -0.349 e. The molecule has 0 bridgehead atoms. The zero-order valence-corrected chi connectivity index (χ0v) is 14.0. The van der Waals surface area contributed by atoms with Crippen molar-refractivity contribution >= 4 is 17.2 Å². The van der Waals surface area contributed by atoms with Crippen molar-refractivity contribution in [2.75, 3.05) is 0 Å². The summed E-state index contributed by atoms with van der Waals surface area (Å²) in [4.78, 5) is 16.6. The van der Waals surface area contributed by atoms with E-state index in [1.807, 2.05) is 28.6 Å². The van der Waals surface area contributed by atoms with Crippen LogP contribution in [0.5, 0.6) is 0 Å². The highest BCUT2D eigenvalue weighted by atomic mass is 32.1. The SMILES string of the molecule is Cn1c(Cn2cccn2)nnc1C1CC(NC(=O)c2cncs2)C1. The van der Waals surface area contributed by atoms with Crippen molar-refractivity contribution in [3.8, 4) is 0 Å². The number of nitrogens with one attached hydrogen (secondary N) is 1. The predicted octanol–water partition coefficient (Wildman–Crippen LogP) is 1.19. The van der Waals surface area contributed by atoms with Gasteiger partial charge in [-0.05, 0) is 18.9 Å². The van der Waals surface area contributed by atoms with Crippen LogP contribution in [0, 0.1) is 0 Å². The monoisotopic (exact) mass is 343 g/mol. The molecule has 1 aliphatic rings. The lowest BCUT2D eigenvalue weighted by Crippen LogP contribution is -2.43. The maximum atomic E-state index is 12.0. The Morgan fingerprint density at radius 1 is 1.42 bits per heavy atom. The summed E-state index contributed by atoms with van der Waals surface area (Å²) in [6.45, 7) is 0.606. The molecule has 3 heterocycles. The minimum atomic E-state index is -0.0433. The number of carbonyl (C=O) groups excluding carboxylic acids is 1. The van der Waals surface area contributed by atoms with Crippen molar-refractivity contribution in [2.24, 2.45) is 7.05 Å². The molecule has 0 aliphatic heterocycles. The summed E-state index contributed by atoms with van der Waals surface area (Å²) in [5.74, 6) is 2.14. The lowest BCUT2D eigenvalue weighted by atomic mass is 9.79. The molecule has 3 aromatic rings. The van der Waals surface area contributed by atoms with E-state index in [9.17, 15) is 4.79 Å². The van der Waals surface area contributed by atoms with Crippen LogP contribution in [-0.4, -0.2) is 41.5 Å². The van der Waals surface area contributed by atoms with E-state index in [1.54, 1.807) is 17.9 Å². The highest BCUT2D eigenvalue weighted by molar-refractivity contribution is 7.11. The summed E-state index contributed by atoms with van der Waals surface area (Å²) in [5, 5.41) is 15.8. The molecule has 1 N–H and O–H groups in total. The van der Waals surface area contributed by atoms with Gasteiger partial charge < -0.3 is 9.88 Å². The largest absolute Gasteiger partial charge is 0.349 e. The third-order valence-electron chi connectivity index (χ3n) is 4.36. The smallest absolute Gasteiger partial charge is 0.263 e. The van der Waals surface area contributed by atoms with Gasteiger partial charge >= 0.3 is 0 Å². The number of nitrogens with zero attached hydrogens (tertiary/aromatic N) is 6. The third-order valence-corrected chi connectivity index (χ3v) is 5.13. The predicted molar refractivity (Wildman–Crippen MR) is 87.7 cm³/mol. The second-order valence-corrected chi connectivity index (χ2v) is 6.83. The average Bonchev–Trinajstić information content (AvgIpc) is 3.27. The summed E-state index contributed by atoms with van der Waals surface area (Å²) in [6.07, 6.45) is 7.03. The van der Waals surface area contributed by atoms with Crippen LogP contribution >= 0.6 is 11.3 Å². The molecule has 0 spiro atoms. The van der Waals surface area contributed by atoms with Gasteiger partial charge in [-0.2, -0.15) is 5.10 Å². The van der Waals surface area contributed by atoms with Gasteiger partial charge in [-0.3, -0.25) is 14.5 Å². The highest BCUT2D eigenvalue weighted by Gasteiger charge is 2.35. The zero-order chi connectivity index (χ0) is 16.5. The molecule has 0 unspecified atom stereocenters. The molecule has 8 nitrogen and oxygen atoms in total. The van der Waals surface area contributed by atoms with Crippen molar-refractivity contribution in [3.63, 3.8) is 0 Å². The number of carbonyl (C=O) groups is 1. The molecule has 0 atom stereocenters. The molecule has 0 saturated heterocycles. The zero-order valence-electron chi connectivity index (χ0n) is 13.2. The van der Waals surface area contributed by atoms with Gasteiger partial charge in [0.15, 0.2) is 5.82 Å². The van der Waals surface area contributed by atoms with Crippen LogP contribution in [-0.2, 0) is 13.6 Å². The van der Waals surface area contributed by atoms with E-state index in [4.69, 9.17) is 0 Å². The molecule has 0 aromatic carbocycles. The first kappa shape index (κ1) is 15.0. The Balaban J connectivity index is 1.35. The van der Waals surface area contributed by atoms with Crippen molar-refractivity contribution < 1.29 is 4.79 Å². The molecule has 24 heavy (non-hydrogen) atoms. The van der Waals surface area contributed by atoms with E-state index in [-0.39, 0.29) is 11.9 Å². The Kier molecular flexibility index (Phi) is 3.85. The second kappa shape index (κ2) is 6.16. The van der Waals surface area contributed by atoms with Crippen molar-refractivity contribution in [1.29, 1.82) is 0 Å². The summed E-state index contributed by atoms with van der Waals surface area (Å²) in [7, 11) is 1.98. The van der Waals surface area contributed by atoms with Crippen LogP contribution in [0.15, 0.2) is 30.2 Å². The van der Waals surface area contributed by atoms with Gasteiger partial charge in [0.05, 0.1) is 11.7 Å². The number of amides is 1. The average molecular weight is 343 g/mol. The van der Waals surface area contributed by atoms with Gasteiger partial charge in [-0.1, -0.05) is 0 Å². The number of thiazole rings is 1. The van der Waals surface area contributed by atoms with Crippen molar-refractivity contribution in [2.45, 2.75) is 31.3 Å². The number of rotatable bonds is 5. The third kappa shape index (κ3) is 2.82. The van der Waals surface area contributed by atoms with Crippen LogP contribution in [0.1, 0.15) is 40.1 Å². The van der Waals surface area contributed by atoms with Crippen LogP contribution in [0.2, 0.25) is 0 Å². The Labute approximate surface area is 142 Å². The van der Waals surface area contributed by atoms with Gasteiger partial charge in [0.2, 0.25) is 0 Å². The molecule has 1 saturated carbocycles. The van der Waals surface area contributed by atoms with Crippen LogP contribution < -0.4 is 5.32 Å². The van der Waals surface area contributed by atoms with Gasteiger partial charge in [0, 0.05) is 31.4 Å². The molecule has 9 heteroatoms. The Bertz CT molecular complexity index is 818. The Morgan fingerprint density at radius 2 is 2.29 bits per heavy atom. The molecule has 1 aliphatic carbocycles. The summed E-state index contributed by atoms with van der Waals surface area (Å²) >= 11 is 1.35. The lowest BCUT2D eigenvalue weighted by Gasteiger charge is -2.34. The summed E-state index contributed by atoms with van der Waals surface area (Å²) in [5.41, 5.74) is 1.67. The van der Waals surface area contributed by atoms with E-state index in [1.165, 1.54) is 11.3 Å². The molecule has 124 valence electrons. The number of hydrogen-bond donors (Lipinski definition) is 1. The Hall–Kier alpha value is -2.55. The maximum Gasteiger partial charge on any atom is 0.263 e. The topological polar surface area (TPSA) is 90.5 Å². The summed E-state index contributed by atoms with van der Waals surface area (Å²) in [6, 6.07) is 2.08. The quantitative estimate of drug-likeness (QED) is 0.751. The molecule has 0 radical (unpaired) electrons. The van der Waals surface area contributed by atoms with Gasteiger partial charge in [-0.15, -0.1) is 21.5 Å². The molecular formula is C15H17N7OS.